The minimum Gasteiger partial charge on any atom is -0.302 e. The van der Waals surface area contributed by atoms with Crippen LogP contribution in [0, 0.1) is 13.8 Å². The van der Waals surface area contributed by atoms with Crippen LogP contribution in [0.1, 0.15) is 33.5 Å². The number of nitrogens with zero attached hydrogens (tertiary/aromatic N) is 3. The van der Waals surface area contributed by atoms with Gasteiger partial charge in [-0.05, 0) is 33.0 Å². The third-order valence-electron chi connectivity index (χ3n) is 3.48. The summed E-state index contributed by atoms with van der Waals surface area (Å²) in [7, 11) is 3.94. The topological polar surface area (TPSA) is 38.1 Å². The van der Waals surface area contributed by atoms with Gasteiger partial charge in [-0.25, -0.2) is 0 Å². The Morgan fingerprint density at radius 2 is 1.90 bits per heavy atom. The van der Waals surface area contributed by atoms with Gasteiger partial charge in [0, 0.05) is 43.9 Å². The number of hydrogen-bond donors (Lipinski definition) is 0. The molecule has 0 fully saturated rings. The zero-order valence-electron chi connectivity index (χ0n) is 13.3. The average molecular weight is 285 g/mol. The Balaban J connectivity index is 1.88. The molecular formula is C17H23N3O. The number of hydrogen-bond acceptors (Lipinski definition) is 3. The Labute approximate surface area is 126 Å². The van der Waals surface area contributed by atoms with Gasteiger partial charge in [0.15, 0.2) is 5.78 Å². The molecule has 0 atom stereocenters. The summed E-state index contributed by atoms with van der Waals surface area (Å²) in [6.07, 6.45) is 4.41. The maximum Gasteiger partial charge on any atom is 0.164 e. The van der Waals surface area contributed by atoms with Crippen LogP contribution in [0.4, 0.5) is 0 Å². The molecule has 0 radical (unpaired) electrons. The maximum atomic E-state index is 12.3. The van der Waals surface area contributed by atoms with E-state index in [4.69, 9.17) is 0 Å². The Bertz CT molecular complexity index is 610. The van der Waals surface area contributed by atoms with E-state index in [9.17, 15) is 4.79 Å². The van der Waals surface area contributed by atoms with E-state index in [1.54, 1.807) is 4.68 Å². The fourth-order valence-corrected chi connectivity index (χ4v) is 2.52. The van der Waals surface area contributed by atoms with Crippen LogP contribution in [0.2, 0.25) is 0 Å². The van der Waals surface area contributed by atoms with E-state index < -0.39 is 0 Å². The summed E-state index contributed by atoms with van der Waals surface area (Å²) in [5, 5.41) is 4.15. The van der Waals surface area contributed by atoms with Crippen molar-refractivity contribution in [1.82, 2.24) is 14.7 Å². The molecule has 2 aromatic rings. The molecule has 0 saturated carbocycles. The van der Waals surface area contributed by atoms with Gasteiger partial charge in [0.1, 0.15) is 0 Å². The maximum absolute atomic E-state index is 12.3. The number of ketones is 1. The Kier molecular flexibility index (Phi) is 4.91. The molecule has 112 valence electrons. The Hall–Kier alpha value is -1.94. The number of benzene rings is 1. The summed E-state index contributed by atoms with van der Waals surface area (Å²) in [6.45, 7) is 5.62. The van der Waals surface area contributed by atoms with Gasteiger partial charge in [0.25, 0.3) is 0 Å². The molecule has 0 amide bonds. The van der Waals surface area contributed by atoms with E-state index in [1.165, 1.54) is 5.56 Å². The van der Waals surface area contributed by atoms with Crippen LogP contribution < -0.4 is 0 Å². The van der Waals surface area contributed by atoms with Crippen molar-refractivity contribution in [2.75, 3.05) is 13.6 Å². The highest BCUT2D eigenvalue weighted by molar-refractivity contribution is 5.96. The lowest BCUT2D eigenvalue weighted by atomic mass is 10.0. The average Bonchev–Trinajstić information content (AvgIpc) is 2.80. The van der Waals surface area contributed by atoms with Crippen LogP contribution >= 0.6 is 0 Å². The minimum absolute atomic E-state index is 0.208. The summed E-state index contributed by atoms with van der Waals surface area (Å²) < 4.78 is 1.80. The summed E-state index contributed by atoms with van der Waals surface area (Å²) in [5.74, 6) is 0.208. The monoisotopic (exact) mass is 285 g/mol. The smallest absolute Gasteiger partial charge is 0.164 e. The van der Waals surface area contributed by atoms with Crippen molar-refractivity contribution < 1.29 is 4.79 Å². The van der Waals surface area contributed by atoms with E-state index in [0.717, 1.165) is 29.8 Å². The number of rotatable bonds is 6. The SMILES string of the molecule is Cc1cc(C)cc(C(=O)CCN(C)Cc2cnn(C)c2)c1. The molecule has 0 aliphatic heterocycles. The second-order valence-electron chi connectivity index (χ2n) is 5.81. The Morgan fingerprint density at radius 3 is 2.48 bits per heavy atom. The van der Waals surface area contributed by atoms with Crippen molar-refractivity contribution in [2.45, 2.75) is 26.8 Å². The van der Waals surface area contributed by atoms with Gasteiger partial charge in [-0.2, -0.15) is 5.10 Å². The summed E-state index contributed by atoms with van der Waals surface area (Å²) in [5.41, 5.74) is 4.27. The van der Waals surface area contributed by atoms with Crippen LogP contribution in [0.15, 0.2) is 30.6 Å². The quantitative estimate of drug-likeness (QED) is 0.766. The van der Waals surface area contributed by atoms with Gasteiger partial charge in [0.2, 0.25) is 0 Å². The molecule has 1 aromatic carbocycles. The number of Topliss-reactive ketones (excluding diaryl/α,β-unsaturated/α-hetero) is 1. The molecule has 0 bridgehead atoms. The number of aromatic nitrogens is 2. The first-order valence-electron chi connectivity index (χ1n) is 7.21. The second-order valence-corrected chi connectivity index (χ2v) is 5.81. The van der Waals surface area contributed by atoms with Crippen molar-refractivity contribution in [1.29, 1.82) is 0 Å². The van der Waals surface area contributed by atoms with Crippen molar-refractivity contribution in [2.24, 2.45) is 7.05 Å². The van der Waals surface area contributed by atoms with E-state index in [1.807, 2.05) is 52.5 Å². The molecule has 4 nitrogen and oxygen atoms in total. The predicted octanol–water partition coefficient (Wildman–Crippen LogP) is 2.74. The number of carbonyl (C=O) groups is 1. The van der Waals surface area contributed by atoms with E-state index in [0.29, 0.717) is 6.42 Å². The third kappa shape index (κ3) is 4.53. The van der Waals surface area contributed by atoms with Crippen LogP contribution in [0.25, 0.3) is 0 Å². The molecule has 1 heterocycles. The van der Waals surface area contributed by atoms with Crippen LogP contribution in [0.3, 0.4) is 0 Å². The lowest BCUT2D eigenvalue weighted by Crippen LogP contribution is -2.21. The molecule has 1 aromatic heterocycles. The number of carbonyl (C=O) groups excluding carboxylic acids is 1. The largest absolute Gasteiger partial charge is 0.302 e. The molecule has 21 heavy (non-hydrogen) atoms. The molecule has 0 N–H and O–H groups in total. The highest BCUT2D eigenvalue weighted by Crippen LogP contribution is 2.11. The summed E-state index contributed by atoms with van der Waals surface area (Å²) >= 11 is 0. The molecule has 0 unspecified atom stereocenters. The van der Waals surface area contributed by atoms with Crippen molar-refractivity contribution in [3.05, 3.63) is 52.8 Å². The molecule has 2 rings (SSSR count). The van der Waals surface area contributed by atoms with E-state index >= 15 is 0 Å². The zero-order chi connectivity index (χ0) is 15.4. The lowest BCUT2D eigenvalue weighted by molar-refractivity contribution is 0.0967. The van der Waals surface area contributed by atoms with Gasteiger partial charge in [-0.1, -0.05) is 17.2 Å². The first-order chi connectivity index (χ1) is 9.94. The first-order valence-corrected chi connectivity index (χ1v) is 7.21. The van der Waals surface area contributed by atoms with Gasteiger partial charge in [-0.15, -0.1) is 0 Å². The van der Waals surface area contributed by atoms with Crippen LogP contribution in [-0.2, 0) is 13.6 Å². The highest BCUT2D eigenvalue weighted by Gasteiger charge is 2.09. The molecular weight excluding hydrogens is 262 g/mol. The normalized spacial score (nSPS) is 11.1. The van der Waals surface area contributed by atoms with Gasteiger partial charge in [-0.3, -0.25) is 9.48 Å². The lowest BCUT2D eigenvalue weighted by Gasteiger charge is -2.15. The fourth-order valence-electron chi connectivity index (χ4n) is 2.52. The third-order valence-corrected chi connectivity index (χ3v) is 3.48. The van der Waals surface area contributed by atoms with E-state index in [-0.39, 0.29) is 5.78 Å². The van der Waals surface area contributed by atoms with Crippen molar-refractivity contribution in [3.8, 4) is 0 Å². The standard InChI is InChI=1S/C17H23N3O/c1-13-7-14(2)9-16(8-13)17(21)5-6-19(3)11-15-10-18-20(4)12-15/h7-10,12H,5-6,11H2,1-4H3. The van der Waals surface area contributed by atoms with Crippen LogP contribution in [0.5, 0.6) is 0 Å². The van der Waals surface area contributed by atoms with Crippen molar-refractivity contribution in [3.63, 3.8) is 0 Å². The predicted molar refractivity (Wildman–Crippen MR) is 84.4 cm³/mol. The van der Waals surface area contributed by atoms with Crippen LogP contribution in [-0.4, -0.2) is 34.1 Å². The second kappa shape index (κ2) is 6.68. The molecule has 0 saturated heterocycles. The summed E-state index contributed by atoms with van der Waals surface area (Å²) in [4.78, 5) is 14.4. The summed E-state index contributed by atoms with van der Waals surface area (Å²) in [6, 6.07) is 6.03. The zero-order valence-corrected chi connectivity index (χ0v) is 13.3. The molecule has 4 heteroatoms. The van der Waals surface area contributed by atoms with Gasteiger partial charge < -0.3 is 4.90 Å². The Morgan fingerprint density at radius 1 is 1.24 bits per heavy atom. The molecule has 0 aliphatic rings. The van der Waals surface area contributed by atoms with E-state index in [2.05, 4.69) is 16.1 Å². The van der Waals surface area contributed by atoms with Gasteiger partial charge >= 0.3 is 0 Å². The molecule has 0 aliphatic carbocycles. The number of aryl methyl sites for hydroxylation is 3. The fraction of sp³-hybridized carbons (Fsp3) is 0.412. The first kappa shape index (κ1) is 15.4. The van der Waals surface area contributed by atoms with Crippen molar-refractivity contribution >= 4 is 5.78 Å². The molecule has 0 spiro atoms. The minimum atomic E-state index is 0.208. The van der Waals surface area contributed by atoms with Gasteiger partial charge in [0.05, 0.1) is 6.20 Å². The highest BCUT2D eigenvalue weighted by atomic mass is 16.1.